The summed E-state index contributed by atoms with van der Waals surface area (Å²) in [5.41, 5.74) is 1.71. The molecule has 0 amide bonds. The van der Waals surface area contributed by atoms with Gasteiger partial charge in [-0.15, -0.1) is 11.3 Å². The molecular formula is C18H12N6O2S. The smallest absolute Gasteiger partial charge is 0.277 e. The van der Waals surface area contributed by atoms with Gasteiger partial charge in [0, 0.05) is 18.6 Å². The third-order valence-electron chi connectivity index (χ3n) is 4.04. The average Bonchev–Trinajstić information content (AvgIpc) is 3.45. The number of aromatic nitrogens is 6. The van der Waals surface area contributed by atoms with E-state index < -0.39 is 0 Å². The van der Waals surface area contributed by atoms with Gasteiger partial charge in [-0.3, -0.25) is 9.78 Å². The second kappa shape index (κ2) is 6.29. The molecule has 132 valence electrons. The van der Waals surface area contributed by atoms with E-state index in [2.05, 4.69) is 20.2 Å². The molecule has 5 rings (SSSR count). The maximum Gasteiger partial charge on any atom is 0.277 e. The molecule has 0 atom stereocenters. The van der Waals surface area contributed by atoms with Crippen molar-refractivity contribution < 1.29 is 4.52 Å². The molecule has 0 N–H and O–H groups in total. The Morgan fingerprint density at radius 3 is 2.89 bits per heavy atom. The van der Waals surface area contributed by atoms with Crippen molar-refractivity contribution in [3.05, 3.63) is 76.6 Å². The molecule has 0 spiro atoms. The van der Waals surface area contributed by atoms with Crippen LogP contribution in [-0.2, 0) is 6.54 Å². The van der Waals surface area contributed by atoms with Crippen molar-refractivity contribution in [1.29, 1.82) is 0 Å². The van der Waals surface area contributed by atoms with Crippen LogP contribution in [0.1, 0.15) is 5.89 Å². The van der Waals surface area contributed by atoms with E-state index in [1.54, 1.807) is 46.6 Å². The third kappa shape index (κ3) is 2.83. The highest BCUT2D eigenvalue weighted by atomic mass is 32.1. The van der Waals surface area contributed by atoms with Gasteiger partial charge in [0.15, 0.2) is 0 Å². The minimum absolute atomic E-state index is 0.175. The Bertz CT molecular complexity index is 1270. The highest BCUT2D eigenvalue weighted by Gasteiger charge is 2.13. The predicted molar refractivity (Wildman–Crippen MR) is 99.4 cm³/mol. The van der Waals surface area contributed by atoms with Gasteiger partial charge in [-0.2, -0.15) is 10.1 Å². The normalized spacial score (nSPS) is 11.3. The summed E-state index contributed by atoms with van der Waals surface area (Å²) in [6.07, 6.45) is 5.06. The summed E-state index contributed by atoms with van der Waals surface area (Å²) >= 11 is 1.58. The van der Waals surface area contributed by atoms with Crippen molar-refractivity contribution in [2.75, 3.05) is 0 Å². The number of fused-ring (bicyclic) bond motifs is 1. The molecule has 0 unspecified atom stereocenters. The van der Waals surface area contributed by atoms with Gasteiger partial charge in [0.25, 0.3) is 5.56 Å². The number of pyridine rings is 1. The molecule has 5 aromatic heterocycles. The number of hydrogen-bond acceptors (Lipinski definition) is 7. The maximum atomic E-state index is 12.8. The van der Waals surface area contributed by atoms with Crippen molar-refractivity contribution in [1.82, 2.24) is 29.3 Å². The van der Waals surface area contributed by atoms with E-state index in [9.17, 15) is 4.79 Å². The van der Waals surface area contributed by atoms with E-state index in [-0.39, 0.29) is 12.1 Å². The van der Waals surface area contributed by atoms with Crippen LogP contribution in [0.15, 0.2) is 69.7 Å². The molecule has 0 saturated heterocycles. The molecular weight excluding hydrogens is 364 g/mol. The van der Waals surface area contributed by atoms with Gasteiger partial charge in [0.2, 0.25) is 11.7 Å². The minimum atomic E-state index is -0.176. The number of thiophene rings is 1. The summed E-state index contributed by atoms with van der Waals surface area (Å²) in [5, 5.41) is 10.4. The van der Waals surface area contributed by atoms with Crippen LogP contribution in [0.25, 0.3) is 27.6 Å². The summed E-state index contributed by atoms with van der Waals surface area (Å²) in [4.78, 5) is 22.3. The summed E-state index contributed by atoms with van der Waals surface area (Å²) in [7, 11) is 0. The Morgan fingerprint density at radius 2 is 2.07 bits per heavy atom. The van der Waals surface area contributed by atoms with E-state index in [1.165, 1.54) is 4.57 Å². The fourth-order valence-corrected chi connectivity index (χ4v) is 3.44. The van der Waals surface area contributed by atoms with E-state index in [1.807, 2.05) is 29.6 Å². The molecule has 0 aromatic carbocycles. The third-order valence-corrected chi connectivity index (χ3v) is 4.94. The lowest BCUT2D eigenvalue weighted by atomic mass is 10.3. The molecule has 5 heterocycles. The van der Waals surface area contributed by atoms with Crippen LogP contribution < -0.4 is 5.56 Å². The molecule has 5 aromatic rings. The van der Waals surface area contributed by atoms with Gasteiger partial charge in [0.05, 0.1) is 4.88 Å². The van der Waals surface area contributed by atoms with Gasteiger partial charge >= 0.3 is 0 Å². The molecule has 8 nitrogen and oxygen atoms in total. The fraction of sp³-hybridized carbons (Fsp3) is 0.0556. The molecule has 0 aliphatic rings. The molecule has 0 aliphatic carbocycles. The van der Waals surface area contributed by atoms with Gasteiger partial charge in [-0.25, -0.2) is 4.52 Å². The number of hydrogen-bond donors (Lipinski definition) is 0. The zero-order valence-electron chi connectivity index (χ0n) is 13.9. The van der Waals surface area contributed by atoms with Crippen molar-refractivity contribution in [3.8, 4) is 22.1 Å². The van der Waals surface area contributed by atoms with Crippen LogP contribution in [-0.4, -0.2) is 29.3 Å². The maximum absolute atomic E-state index is 12.8. The van der Waals surface area contributed by atoms with Crippen LogP contribution in [0.2, 0.25) is 0 Å². The Balaban J connectivity index is 1.48. The Hall–Kier alpha value is -3.59. The van der Waals surface area contributed by atoms with E-state index in [4.69, 9.17) is 4.52 Å². The highest BCUT2D eigenvalue weighted by Crippen LogP contribution is 2.23. The van der Waals surface area contributed by atoms with Gasteiger partial charge < -0.3 is 9.09 Å². The molecule has 0 aliphatic heterocycles. The standard InChI is InChI=1S/C18H12N6O2S/c25-18-14-10-13(15-5-3-9-27-15)21-24(14)8-7-23(18)11-16-20-17(22-26-16)12-4-1-2-6-19-12/h1-10H,11H2. The van der Waals surface area contributed by atoms with Gasteiger partial charge in [-0.1, -0.05) is 17.3 Å². The van der Waals surface area contributed by atoms with E-state index in [0.717, 1.165) is 10.6 Å². The van der Waals surface area contributed by atoms with Crippen molar-refractivity contribution in [3.63, 3.8) is 0 Å². The average molecular weight is 376 g/mol. The first-order valence-electron chi connectivity index (χ1n) is 8.14. The largest absolute Gasteiger partial charge is 0.337 e. The Labute approximate surface area is 156 Å². The van der Waals surface area contributed by atoms with Crippen LogP contribution in [0.4, 0.5) is 0 Å². The van der Waals surface area contributed by atoms with Gasteiger partial charge in [-0.05, 0) is 29.6 Å². The summed E-state index contributed by atoms with van der Waals surface area (Å²) < 4.78 is 8.38. The van der Waals surface area contributed by atoms with Crippen LogP contribution in [0.3, 0.4) is 0 Å². The first-order chi connectivity index (χ1) is 13.3. The fourth-order valence-electron chi connectivity index (χ4n) is 2.76. The summed E-state index contributed by atoms with van der Waals surface area (Å²) in [6, 6.07) is 11.2. The van der Waals surface area contributed by atoms with Gasteiger partial charge in [0.1, 0.15) is 23.4 Å². The highest BCUT2D eigenvalue weighted by molar-refractivity contribution is 7.13. The molecule has 9 heteroatoms. The predicted octanol–water partition coefficient (Wildman–Crippen LogP) is 2.72. The minimum Gasteiger partial charge on any atom is -0.337 e. The lowest BCUT2D eigenvalue weighted by molar-refractivity contribution is 0.370. The second-order valence-electron chi connectivity index (χ2n) is 5.79. The van der Waals surface area contributed by atoms with Crippen molar-refractivity contribution in [2.24, 2.45) is 0 Å². The molecule has 0 bridgehead atoms. The van der Waals surface area contributed by atoms with Crippen molar-refractivity contribution in [2.45, 2.75) is 6.54 Å². The Morgan fingerprint density at radius 1 is 1.11 bits per heavy atom. The monoisotopic (exact) mass is 376 g/mol. The van der Waals surface area contributed by atoms with Crippen LogP contribution >= 0.6 is 11.3 Å². The van der Waals surface area contributed by atoms with E-state index in [0.29, 0.717) is 22.9 Å². The first-order valence-corrected chi connectivity index (χ1v) is 9.02. The quantitative estimate of drug-likeness (QED) is 0.479. The lowest BCUT2D eigenvalue weighted by Gasteiger charge is -2.01. The SMILES string of the molecule is O=c1c2cc(-c3cccs3)nn2ccn1Cc1nc(-c2ccccn2)no1. The molecule has 0 saturated carbocycles. The second-order valence-corrected chi connectivity index (χ2v) is 6.74. The summed E-state index contributed by atoms with van der Waals surface area (Å²) in [6.45, 7) is 0.175. The summed E-state index contributed by atoms with van der Waals surface area (Å²) in [5.74, 6) is 0.726. The molecule has 0 radical (unpaired) electrons. The first kappa shape index (κ1) is 15.6. The zero-order valence-corrected chi connectivity index (χ0v) is 14.7. The number of nitrogens with zero attached hydrogens (tertiary/aromatic N) is 6. The topological polar surface area (TPSA) is 91.1 Å². The zero-order chi connectivity index (χ0) is 18.2. The molecule has 27 heavy (non-hydrogen) atoms. The number of rotatable bonds is 4. The lowest BCUT2D eigenvalue weighted by Crippen LogP contribution is -2.21. The van der Waals surface area contributed by atoms with Crippen LogP contribution in [0.5, 0.6) is 0 Å². The van der Waals surface area contributed by atoms with E-state index >= 15 is 0 Å². The van der Waals surface area contributed by atoms with Crippen molar-refractivity contribution >= 4 is 16.9 Å². The molecule has 0 fully saturated rings. The van der Waals surface area contributed by atoms with Crippen LogP contribution in [0, 0.1) is 0 Å². The Kier molecular flexibility index (Phi) is 3.65.